The fourth-order valence-electron chi connectivity index (χ4n) is 4.81. The normalized spacial score (nSPS) is 19.4. The summed E-state index contributed by atoms with van der Waals surface area (Å²) in [6.07, 6.45) is -0.0691. The van der Waals surface area contributed by atoms with Crippen LogP contribution in [0.15, 0.2) is 48.5 Å². The van der Waals surface area contributed by atoms with E-state index in [0.29, 0.717) is 19.3 Å². The number of likely N-dealkylation sites (N-methyl/N-ethyl adjacent to an activating group) is 1. The number of rotatable bonds is 9. The Balaban J connectivity index is 1.24. The van der Waals surface area contributed by atoms with Gasteiger partial charge in [0.2, 0.25) is 0 Å². The maximum atomic E-state index is 12.7. The number of fused-ring (bicyclic) bond motifs is 3. The number of carboxylic acid groups (broad SMARTS) is 1. The molecule has 1 saturated carbocycles. The van der Waals surface area contributed by atoms with Crippen molar-refractivity contribution in [2.24, 2.45) is 5.92 Å². The summed E-state index contributed by atoms with van der Waals surface area (Å²) in [5.74, 6) is -1.45. The van der Waals surface area contributed by atoms with E-state index in [9.17, 15) is 14.4 Å². The monoisotopic (exact) mass is 466 g/mol. The number of nitrogens with zero attached hydrogens (tertiary/aromatic N) is 1. The number of aliphatic carboxylic acids is 1. The highest BCUT2D eigenvalue weighted by atomic mass is 16.5. The molecular weight excluding hydrogens is 436 g/mol. The number of alkyl carbamates (subject to hydrolysis) is 1. The van der Waals surface area contributed by atoms with E-state index < -0.39 is 24.1 Å². The Labute approximate surface area is 198 Å². The van der Waals surface area contributed by atoms with Crippen LogP contribution in [0, 0.1) is 5.92 Å². The second-order valence-electron chi connectivity index (χ2n) is 8.87. The van der Waals surface area contributed by atoms with Crippen molar-refractivity contribution in [1.29, 1.82) is 0 Å². The minimum atomic E-state index is -0.826. The molecule has 1 fully saturated rings. The van der Waals surface area contributed by atoms with Gasteiger partial charge in [-0.3, -0.25) is 9.59 Å². The lowest BCUT2D eigenvalue weighted by atomic mass is 9.79. The summed E-state index contributed by atoms with van der Waals surface area (Å²) < 4.78 is 10.8. The largest absolute Gasteiger partial charge is 0.481 e. The molecule has 2 aromatic rings. The van der Waals surface area contributed by atoms with Gasteiger partial charge in [-0.2, -0.15) is 0 Å². The van der Waals surface area contributed by atoms with Crippen molar-refractivity contribution in [2.45, 2.75) is 37.3 Å². The van der Waals surface area contributed by atoms with Crippen molar-refractivity contribution >= 4 is 18.0 Å². The highest BCUT2D eigenvalue weighted by molar-refractivity contribution is 5.82. The maximum Gasteiger partial charge on any atom is 0.407 e. The number of benzene rings is 2. The van der Waals surface area contributed by atoms with E-state index in [4.69, 9.17) is 14.6 Å². The summed E-state index contributed by atoms with van der Waals surface area (Å²) in [6, 6.07) is 16.2. The number of carbonyl (C=O) groups excluding carboxylic acids is 2. The molecule has 0 spiro atoms. The zero-order valence-electron chi connectivity index (χ0n) is 19.4. The summed E-state index contributed by atoms with van der Waals surface area (Å²) in [6.45, 7) is 0.443. The molecule has 0 aliphatic heterocycles. The van der Waals surface area contributed by atoms with E-state index in [0.717, 1.165) is 11.1 Å². The van der Waals surface area contributed by atoms with Gasteiger partial charge < -0.3 is 24.8 Å². The van der Waals surface area contributed by atoms with Crippen molar-refractivity contribution in [3.05, 3.63) is 59.7 Å². The second kappa shape index (κ2) is 10.3. The van der Waals surface area contributed by atoms with E-state index in [1.54, 1.807) is 11.9 Å². The number of hydrogen-bond acceptors (Lipinski definition) is 5. The van der Waals surface area contributed by atoms with Crippen molar-refractivity contribution in [3.63, 3.8) is 0 Å². The van der Waals surface area contributed by atoms with Gasteiger partial charge in [0.25, 0.3) is 5.91 Å². The van der Waals surface area contributed by atoms with Crippen molar-refractivity contribution in [1.82, 2.24) is 10.2 Å². The third-order valence-corrected chi connectivity index (χ3v) is 6.94. The average molecular weight is 467 g/mol. The molecule has 2 aliphatic carbocycles. The maximum absolute atomic E-state index is 12.7. The predicted octanol–water partition coefficient (Wildman–Crippen LogP) is 3.25. The van der Waals surface area contributed by atoms with E-state index in [2.05, 4.69) is 29.6 Å². The number of carbonyl (C=O) groups is 3. The molecule has 0 heterocycles. The lowest BCUT2D eigenvalue weighted by Crippen LogP contribution is -2.51. The molecular formula is C26H30N2O6. The lowest BCUT2D eigenvalue weighted by Gasteiger charge is -2.40. The number of carboxylic acids is 1. The Morgan fingerprint density at radius 3 is 2.21 bits per heavy atom. The van der Waals surface area contributed by atoms with Gasteiger partial charge in [-0.05, 0) is 35.1 Å². The summed E-state index contributed by atoms with van der Waals surface area (Å²) in [4.78, 5) is 37.6. The van der Waals surface area contributed by atoms with Gasteiger partial charge in [0.05, 0.1) is 5.92 Å². The fraction of sp³-hybridized carbons (Fsp3) is 0.423. The van der Waals surface area contributed by atoms with E-state index >= 15 is 0 Å². The minimum Gasteiger partial charge on any atom is -0.481 e. The Morgan fingerprint density at radius 1 is 1.06 bits per heavy atom. The first-order valence-corrected chi connectivity index (χ1v) is 11.5. The standard InChI is InChI=1S/C26H30N2O6/c1-28(17-13-16(14-17)25(30)31)24(29)23(33-2)11-12-27-26(32)34-15-22-20-9-5-3-7-18(20)19-8-4-6-10-21(19)22/h3-10,16-17,22-23H,11-15H2,1-2H3,(H,27,32)(H,30,31). The lowest BCUT2D eigenvalue weighted by molar-refractivity contribution is -0.153. The van der Waals surface area contributed by atoms with Gasteiger partial charge in [-0.25, -0.2) is 4.79 Å². The molecule has 180 valence electrons. The van der Waals surface area contributed by atoms with Crippen LogP contribution >= 0.6 is 0 Å². The number of methoxy groups -OCH3 is 1. The first kappa shape index (κ1) is 23.8. The van der Waals surface area contributed by atoms with Crippen LogP contribution in [0.1, 0.15) is 36.3 Å². The van der Waals surface area contributed by atoms with E-state index in [-0.39, 0.29) is 31.0 Å². The third-order valence-electron chi connectivity index (χ3n) is 6.94. The molecule has 2 aliphatic rings. The summed E-state index contributed by atoms with van der Waals surface area (Å²) >= 11 is 0. The van der Waals surface area contributed by atoms with Crippen LogP contribution in [0.2, 0.25) is 0 Å². The highest BCUT2D eigenvalue weighted by Gasteiger charge is 2.39. The third kappa shape index (κ3) is 4.77. The number of ether oxygens (including phenoxy) is 2. The van der Waals surface area contributed by atoms with Gasteiger partial charge >= 0.3 is 12.1 Å². The summed E-state index contributed by atoms with van der Waals surface area (Å²) in [5, 5.41) is 11.7. The number of hydrogen-bond donors (Lipinski definition) is 2. The number of amides is 2. The van der Waals surface area contributed by atoms with Crippen LogP contribution in [0.25, 0.3) is 11.1 Å². The van der Waals surface area contributed by atoms with Crippen LogP contribution in [0.3, 0.4) is 0 Å². The predicted molar refractivity (Wildman–Crippen MR) is 125 cm³/mol. The molecule has 34 heavy (non-hydrogen) atoms. The molecule has 0 radical (unpaired) electrons. The molecule has 0 saturated heterocycles. The molecule has 8 heteroatoms. The molecule has 4 rings (SSSR count). The average Bonchev–Trinajstić information content (AvgIpc) is 3.12. The smallest absolute Gasteiger partial charge is 0.407 e. The SMILES string of the molecule is COC(CCNC(=O)OCC1c2ccccc2-c2ccccc21)C(=O)N(C)C1CC(C(=O)O)C1. The van der Waals surface area contributed by atoms with Crippen LogP contribution < -0.4 is 5.32 Å². The zero-order valence-corrected chi connectivity index (χ0v) is 19.4. The summed E-state index contributed by atoms with van der Waals surface area (Å²) in [7, 11) is 3.11. The Morgan fingerprint density at radius 2 is 1.65 bits per heavy atom. The van der Waals surface area contributed by atoms with E-state index in [1.165, 1.54) is 18.2 Å². The van der Waals surface area contributed by atoms with Crippen LogP contribution in [-0.4, -0.2) is 67.4 Å². The fourth-order valence-corrected chi connectivity index (χ4v) is 4.81. The number of nitrogens with one attached hydrogen (secondary N) is 1. The van der Waals surface area contributed by atoms with Gasteiger partial charge in [0.1, 0.15) is 12.7 Å². The summed E-state index contributed by atoms with van der Waals surface area (Å²) in [5.41, 5.74) is 4.62. The van der Waals surface area contributed by atoms with Crippen molar-refractivity contribution < 1.29 is 29.0 Å². The Bertz CT molecular complexity index is 1020. The van der Waals surface area contributed by atoms with Gasteiger partial charge in [-0.1, -0.05) is 48.5 Å². The second-order valence-corrected chi connectivity index (χ2v) is 8.87. The van der Waals surface area contributed by atoms with Crippen molar-refractivity contribution in [3.8, 4) is 11.1 Å². The quantitative estimate of drug-likeness (QED) is 0.588. The highest BCUT2D eigenvalue weighted by Crippen LogP contribution is 2.44. The molecule has 1 unspecified atom stereocenters. The molecule has 0 aromatic heterocycles. The van der Waals surface area contributed by atoms with Crippen LogP contribution in [0.5, 0.6) is 0 Å². The molecule has 1 atom stereocenters. The zero-order chi connectivity index (χ0) is 24.2. The molecule has 0 bridgehead atoms. The molecule has 2 N–H and O–H groups in total. The van der Waals surface area contributed by atoms with Gasteiger partial charge in [0.15, 0.2) is 0 Å². The molecule has 2 aromatic carbocycles. The van der Waals surface area contributed by atoms with E-state index in [1.807, 2.05) is 24.3 Å². The Kier molecular flexibility index (Phi) is 7.17. The molecule has 2 amide bonds. The first-order valence-electron chi connectivity index (χ1n) is 11.5. The van der Waals surface area contributed by atoms with Gasteiger partial charge in [-0.15, -0.1) is 0 Å². The first-order chi connectivity index (χ1) is 16.4. The minimum absolute atomic E-state index is 0.0165. The van der Waals surface area contributed by atoms with Crippen molar-refractivity contribution in [2.75, 3.05) is 27.3 Å². The molecule has 8 nitrogen and oxygen atoms in total. The van der Waals surface area contributed by atoms with Crippen LogP contribution in [-0.2, 0) is 19.1 Å². The Hall–Kier alpha value is -3.39. The van der Waals surface area contributed by atoms with Gasteiger partial charge in [0, 0.05) is 39.1 Å². The van der Waals surface area contributed by atoms with Crippen LogP contribution in [0.4, 0.5) is 4.79 Å². The topological polar surface area (TPSA) is 105 Å².